The summed E-state index contributed by atoms with van der Waals surface area (Å²) in [6.45, 7) is 6.37. The van der Waals surface area contributed by atoms with Crippen LogP contribution in [0.4, 0.5) is 0 Å². The van der Waals surface area contributed by atoms with Crippen LogP contribution in [0.5, 0.6) is 5.75 Å². The van der Waals surface area contributed by atoms with Gasteiger partial charge in [0.25, 0.3) is 0 Å². The summed E-state index contributed by atoms with van der Waals surface area (Å²) in [6.07, 6.45) is 3.55. The second-order valence-electron chi connectivity index (χ2n) is 7.94. The number of oxazole rings is 1. The first-order valence-corrected chi connectivity index (χ1v) is 10.4. The van der Waals surface area contributed by atoms with Crippen LogP contribution in [-0.2, 0) is 17.6 Å². The fraction of sp³-hybridized carbons (Fsp3) is 0.360. The summed E-state index contributed by atoms with van der Waals surface area (Å²) in [7, 11) is 1.63. The molecule has 5 heteroatoms. The maximum atomic E-state index is 12.4. The van der Waals surface area contributed by atoms with Crippen LogP contribution in [-0.4, -0.2) is 18.0 Å². The van der Waals surface area contributed by atoms with Crippen LogP contribution in [0.15, 0.2) is 59.1 Å². The van der Waals surface area contributed by atoms with Gasteiger partial charge in [-0.05, 0) is 30.9 Å². The number of amides is 1. The van der Waals surface area contributed by atoms with E-state index in [1.165, 1.54) is 5.56 Å². The number of hydrogen-bond acceptors (Lipinski definition) is 4. The lowest BCUT2D eigenvalue weighted by atomic mass is 10.0. The average molecular weight is 407 g/mol. The molecule has 1 unspecified atom stereocenters. The largest absolute Gasteiger partial charge is 0.496 e. The first-order valence-electron chi connectivity index (χ1n) is 10.4. The van der Waals surface area contributed by atoms with Gasteiger partial charge in [-0.2, -0.15) is 0 Å². The number of para-hydroxylation sites is 1. The molecule has 0 radical (unpaired) electrons. The fourth-order valence-corrected chi connectivity index (χ4v) is 3.47. The van der Waals surface area contributed by atoms with Crippen LogP contribution >= 0.6 is 0 Å². The van der Waals surface area contributed by atoms with E-state index in [0.29, 0.717) is 24.7 Å². The number of carbonyl (C=O) groups is 1. The molecule has 0 bridgehead atoms. The Kier molecular flexibility index (Phi) is 7.28. The van der Waals surface area contributed by atoms with Crippen LogP contribution in [0.25, 0.3) is 11.3 Å². The fourth-order valence-electron chi connectivity index (χ4n) is 3.47. The molecule has 0 saturated carbocycles. The Labute approximate surface area is 178 Å². The number of nitrogens with one attached hydrogen (secondary N) is 1. The highest BCUT2D eigenvalue weighted by atomic mass is 16.5. The quantitative estimate of drug-likeness (QED) is 0.520. The van der Waals surface area contributed by atoms with Gasteiger partial charge in [0.1, 0.15) is 5.75 Å². The lowest BCUT2D eigenvalue weighted by molar-refractivity contribution is -0.121. The number of methoxy groups -OCH3 is 1. The Bertz CT molecular complexity index is 961. The van der Waals surface area contributed by atoms with Gasteiger partial charge in [-0.3, -0.25) is 4.79 Å². The topological polar surface area (TPSA) is 64.4 Å². The summed E-state index contributed by atoms with van der Waals surface area (Å²) in [6, 6.07) is 15.9. The summed E-state index contributed by atoms with van der Waals surface area (Å²) in [5, 5.41) is 3.01. The molecule has 1 amide bonds. The van der Waals surface area contributed by atoms with E-state index in [9.17, 15) is 4.79 Å². The lowest BCUT2D eigenvalue weighted by Gasteiger charge is -2.17. The molecule has 0 spiro atoms. The number of hydrogen-bond donors (Lipinski definition) is 1. The highest BCUT2D eigenvalue weighted by Gasteiger charge is 2.15. The van der Waals surface area contributed by atoms with Crippen molar-refractivity contribution in [1.29, 1.82) is 0 Å². The number of rotatable bonds is 9. The molecule has 0 aliphatic rings. The number of carbonyl (C=O) groups excluding carboxylic acids is 1. The van der Waals surface area contributed by atoms with Crippen molar-refractivity contribution < 1.29 is 13.9 Å². The zero-order valence-electron chi connectivity index (χ0n) is 18.1. The van der Waals surface area contributed by atoms with Gasteiger partial charge in [-0.25, -0.2) is 4.98 Å². The molecule has 1 aromatic heterocycles. The highest BCUT2D eigenvalue weighted by molar-refractivity contribution is 5.76. The van der Waals surface area contributed by atoms with Gasteiger partial charge in [0.2, 0.25) is 5.91 Å². The SMILES string of the molecule is COc1ccccc1C(C)NC(=O)CCc1ncc(-c2ccc(CC(C)C)cc2)o1. The maximum Gasteiger partial charge on any atom is 0.220 e. The smallest absolute Gasteiger partial charge is 0.220 e. The summed E-state index contributed by atoms with van der Waals surface area (Å²) in [5.41, 5.74) is 3.26. The molecular weight excluding hydrogens is 376 g/mol. The van der Waals surface area contributed by atoms with Gasteiger partial charge >= 0.3 is 0 Å². The average Bonchev–Trinajstić information content (AvgIpc) is 3.21. The molecule has 0 aliphatic carbocycles. The highest BCUT2D eigenvalue weighted by Crippen LogP contribution is 2.25. The number of benzene rings is 2. The van der Waals surface area contributed by atoms with Gasteiger partial charge in [-0.1, -0.05) is 56.3 Å². The van der Waals surface area contributed by atoms with Gasteiger partial charge in [0.05, 0.1) is 19.3 Å². The minimum absolute atomic E-state index is 0.0498. The summed E-state index contributed by atoms with van der Waals surface area (Å²) in [5.74, 6) is 2.64. The van der Waals surface area contributed by atoms with Crippen molar-refractivity contribution in [3.05, 3.63) is 71.7 Å². The molecule has 3 aromatic rings. The van der Waals surface area contributed by atoms with Crippen molar-refractivity contribution in [2.45, 2.75) is 46.1 Å². The van der Waals surface area contributed by atoms with Crippen molar-refractivity contribution in [2.24, 2.45) is 5.92 Å². The molecule has 158 valence electrons. The normalized spacial score (nSPS) is 12.0. The third-order valence-corrected chi connectivity index (χ3v) is 4.98. The summed E-state index contributed by atoms with van der Waals surface area (Å²) >= 11 is 0. The van der Waals surface area contributed by atoms with Crippen LogP contribution in [0.3, 0.4) is 0 Å². The minimum Gasteiger partial charge on any atom is -0.496 e. The third kappa shape index (κ3) is 5.72. The second-order valence-corrected chi connectivity index (χ2v) is 7.94. The van der Waals surface area contributed by atoms with E-state index in [0.717, 1.165) is 29.1 Å². The van der Waals surface area contributed by atoms with Crippen LogP contribution in [0.2, 0.25) is 0 Å². The van der Waals surface area contributed by atoms with Crippen LogP contribution in [0, 0.1) is 5.92 Å². The number of nitrogens with zero attached hydrogens (tertiary/aromatic N) is 1. The molecule has 5 nitrogen and oxygen atoms in total. The predicted molar refractivity (Wildman–Crippen MR) is 118 cm³/mol. The molecule has 0 aliphatic heterocycles. The first-order chi connectivity index (χ1) is 14.5. The maximum absolute atomic E-state index is 12.4. The van der Waals surface area contributed by atoms with E-state index in [1.54, 1.807) is 13.3 Å². The van der Waals surface area contributed by atoms with Crippen molar-refractivity contribution in [3.8, 4) is 17.1 Å². The lowest BCUT2D eigenvalue weighted by Crippen LogP contribution is -2.27. The van der Waals surface area contributed by atoms with Crippen molar-refractivity contribution in [1.82, 2.24) is 10.3 Å². The Morgan fingerprint density at radius 1 is 1.10 bits per heavy atom. The molecule has 1 N–H and O–H groups in total. The molecule has 3 rings (SSSR count). The molecule has 0 fully saturated rings. The van der Waals surface area contributed by atoms with E-state index in [1.807, 2.05) is 31.2 Å². The molecule has 0 saturated heterocycles. The van der Waals surface area contributed by atoms with Crippen molar-refractivity contribution in [2.75, 3.05) is 7.11 Å². The number of aromatic nitrogens is 1. The minimum atomic E-state index is -0.141. The number of aryl methyl sites for hydroxylation is 1. The monoisotopic (exact) mass is 406 g/mol. The van der Waals surface area contributed by atoms with Crippen molar-refractivity contribution >= 4 is 5.91 Å². The Morgan fingerprint density at radius 2 is 1.83 bits per heavy atom. The van der Waals surface area contributed by atoms with Gasteiger partial charge in [-0.15, -0.1) is 0 Å². The summed E-state index contributed by atoms with van der Waals surface area (Å²) in [4.78, 5) is 16.7. The molecule has 2 aromatic carbocycles. The van der Waals surface area contributed by atoms with E-state index < -0.39 is 0 Å². The van der Waals surface area contributed by atoms with Crippen LogP contribution in [0.1, 0.15) is 50.3 Å². The predicted octanol–water partition coefficient (Wildman–Crippen LogP) is 5.36. The van der Waals surface area contributed by atoms with Crippen LogP contribution < -0.4 is 10.1 Å². The van der Waals surface area contributed by atoms with Gasteiger partial charge in [0, 0.05) is 24.0 Å². The molecule has 1 atom stereocenters. The Balaban J connectivity index is 1.54. The zero-order valence-corrected chi connectivity index (χ0v) is 18.1. The van der Waals surface area contributed by atoms with E-state index in [2.05, 4.69) is 48.4 Å². The summed E-state index contributed by atoms with van der Waals surface area (Å²) < 4.78 is 11.2. The Hall–Kier alpha value is -3.08. The molecule has 1 heterocycles. The zero-order chi connectivity index (χ0) is 21.5. The van der Waals surface area contributed by atoms with E-state index >= 15 is 0 Å². The van der Waals surface area contributed by atoms with Gasteiger partial charge < -0.3 is 14.5 Å². The van der Waals surface area contributed by atoms with E-state index in [-0.39, 0.29) is 11.9 Å². The third-order valence-electron chi connectivity index (χ3n) is 4.98. The van der Waals surface area contributed by atoms with Crippen molar-refractivity contribution in [3.63, 3.8) is 0 Å². The first kappa shape index (κ1) is 21.6. The Morgan fingerprint density at radius 3 is 2.53 bits per heavy atom. The molecular formula is C25H30N2O3. The second kappa shape index (κ2) is 10.1. The van der Waals surface area contributed by atoms with Gasteiger partial charge in [0.15, 0.2) is 11.7 Å². The number of ether oxygens (including phenoxy) is 1. The van der Waals surface area contributed by atoms with E-state index in [4.69, 9.17) is 9.15 Å². The standard InChI is InChI=1S/C25H30N2O3/c1-17(2)15-19-9-11-20(12-10-19)23-16-26-25(30-23)14-13-24(28)27-18(3)21-7-5-6-8-22(21)29-4/h5-12,16-18H,13-15H2,1-4H3,(H,27,28). The molecule has 30 heavy (non-hydrogen) atoms.